The van der Waals surface area contributed by atoms with Crippen molar-refractivity contribution in [2.75, 3.05) is 46.3 Å². The molecule has 1 aliphatic rings. The number of hydrogen-bond donors (Lipinski definition) is 1. The Morgan fingerprint density at radius 2 is 1.81 bits per heavy atom. The first-order valence-electron chi connectivity index (χ1n) is 8.48. The molecule has 0 bridgehead atoms. The molecule has 1 aliphatic heterocycles. The highest BCUT2D eigenvalue weighted by atomic mass is 15.2. The minimum atomic E-state index is 1.09. The van der Waals surface area contributed by atoms with Gasteiger partial charge in [0.25, 0.3) is 0 Å². The van der Waals surface area contributed by atoms with Crippen LogP contribution in [0.25, 0.3) is 0 Å². The molecule has 0 spiro atoms. The number of nitrogens with zero attached hydrogens (tertiary/aromatic N) is 2. The molecular formula is C18H31N3. The van der Waals surface area contributed by atoms with E-state index in [9.17, 15) is 0 Å². The van der Waals surface area contributed by atoms with Crippen molar-refractivity contribution in [3.8, 4) is 0 Å². The molecule has 0 aliphatic carbocycles. The van der Waals surface area contributed by atoms with E-state index in [1.54, 1.807) is 0 Å². The number of likely N-dealkylation sites (N-methyl/N-ethyl adjacent to an activating group) is 1. The normalized spacial score (nSPS) is 17.8. The van der Waals surface area contributed by atoms with Gasteiger partial charge in [0.1, 0.15) is 0 Å². The van der Waals surface area contributed by atoms with Crippen LogP contribution >= 0.6 is 0 Å². The average Bonchev–Trinajstić information content (AvgIpc) is 2.70. The van der Waals surface area contributed by atoms with Gasteiger partial charge in [-0.15, -0.1) is 0 Å². The fourth-order valence-electron chi connectivity index (χ4n) is 2.98. The molecule has 0 atom stereocenters. The van der Waals surface area contributed by atoms with E-state index in [0.717, 1.165) is 26.1 Å². The van der Waals surface area contributed by atoms with Crippen molar-refractivity contribution in [3.63, 3.8) is 0 Å². The smallest absolute Gasteiger partial charge is 0.0237 e. The summed E-state index contributed by atoms with van der Waals surface area (Å²) in [5.41, 5.74) is 3.03. The summed E-state index contributed by atoms with van der Waals surface area (Å²) in [6.45, 7) is 10.4. The lowest BCUT2D eigenvalue weighted by molar-refractivity contribution is 0.268. The topological polar surface area (TPSA) is 18.5 Å². The van der Waals surface area contributed by atoms with Crippen LogP contribution in [0, 0.1) is 0 Å². The third-order valence-corrected chi connectivity index (χ3v) is 4.32. The van der Waals surface area contributed by atoms with Crippen LogP contribution in [-0.4, -0.2) is 56.1 Å². The summed E-state index contributed by atoms with van der Waals surface area (Å²) in [6.07, 6.45) is 3.64. The second-order valence-corrected chi connectivity index (χ2v) is 6.20. The van der Waals surface area contributed by atoms with Crippen molar-refractivity contribution in [2.24, 2.45) is 0 Å². The Balaban J connectivity index is 1.89. The molecule has 1 saturated heterocycles. The highest BCUT2D eigenvalue weighted by molar-refractivity contribution is 5.27. The lowest BCUT2D eigenvalue weighted by atomic mass is 10.0. The molecule has 0 aromatic heterocycles. The van der Waals surface area contributed by atoms with Gasteiger partial charge in [0.2, 0.25) is 0 Å². The molecule has 1 N–H and O–H groups in total. The zero-order chi connectivity index (χ0) is 14.9. The number of hydrogen-bond acceptors (Lipinski definition) is 3. The van der Waals surface area contributed by atoms with Crippen LogP contribution in [0.5, 0.6) is 0 Å². The molecule has 1 aromatic rings. The van der Waals surface area contributed by atoms with E-state index in [4.69, 9.17) is 0 Å². The second kappa shape index (κ2) is 9.19. The van der Waals surface area contributed by atoms with Crippen LogP contribution < -0.4 is 5.32 Å². The molecule has 3 heteroatoms. The maximum Gasteiger partial charge on any atom is 0.0237 e. The van der Waals surface area contributed by atoms with Crippen molar-refractivity contribution in [2.45, 2.75) is 32.7 Å². The first kappa shape index (κ1) is 16.5. The van der Waals surface area contributed by atoms with Gasteiger partial charge in [-0.3, -0.25) is 4.90 Å². The number of rotatable bonds is 7. The van der Waals surface area contributed by atoms with E-state index in [1.807, 2.05) is 0 Å². The van der Waals surface area contributed by atoms with Gasteiger partial charge in [0.15, 0.2) is 0 Å². The van der Waals surface area contributed by atoms with Crippen molar-refractivity contribution in [1.29, 1.82) is 0 Å². The van der Waals surface area contributed by atoms with E-state index < -0.39 is 0 Å². The largest absolute Gasteiger partial charge is 0.316 e. The summed E-state index contributed by atoms with van der Waals surface area (Å²) in [6, 6.07) is 8.97. The van der Waals surface area contributed by atoms with Crippen LogP contribution in [0.2, 0.25) is 0 Å². The highest BCUT2D eigenvalue weighted by Crippen LogP contribution is 2.14. The van der Waals surface area contributed by atoms with Gasteiger partial charge in [-0.05, 0) is 63.6 Å². The predicted octanol–water partition coefficient (Wildman–Crippen LogP) is 2.37. The highest BCUT2D eigenvalue weighted by Gasteiger charge is 2.13. The van der Waals surface area contributed by atoms with Gasteiger partial charge in [0.05, 0.1) is 0 Å². The third-order valence-electron chi connectivity index (χ3n) is 4.32. The minimum absolute atomic E-state index is 1.09. The quantitative estimate of drug-likeness (QED) is 0.778. The summed E-state index contributed by atoms with van der Waals surface area (Å²) in [7, 11) is 2.23. The first-order valence-corrected chi connectivity index (χ1v) is 8.48. The predicted molar refractivity (Wildman–Crippen MR) is 90.7 cm³/mol. The number of nitrogens with one attached hydrogen (secondary N) is 1. The van der Waals surface area contributed by atoms with Crippen LogP contribution in [0.4, 0.5) is 0 Å². The molecular weight excluding hydrogens is 258 g/mol. The fraction of sp³-hybridized carbons (Fsp3) is 0.667. The van der Waals surface area contributed by atoms with Crippen LogP contribution in [0.1, 0.15) is 30.9 Å². The maximum absolute atomic E-state index is 3.51. The summed E-state index contributed by atoms with van der Waals surface area (Å²) in [5, 5.41) is 3.51. The van der Waals surface area contributed by atoms with Gasteiger partial charge in [0, 0.05) is 19.6 Å². The third kappa shape index (κ3) is 5.77. The SMILES string of the molecule is CCCNCCc1ccccc1CN1CCCN(C)CC1. The summed E-state index contributed by atoms with van der Waals surface area (Å²) >= 11 is 0. The Kier molecular flexibility index (Phi) is 7.20. The van der Waals surface area contributed by atoms with Crippen molar-refractivity contribution in [3.05, 3.63) is 35.4 Å². The fourth-order valence-corrected chi connectivity index (χ4v) is 2.98. The summed E-state index contributed by atoms with van der Waals surface area (Å²) in [5.74, 6) is 0. The summed E-state index contributed by atoms with van der Waals surface area (Å²) < 4.78 is 0. The Labute approximate surface area is 130 Å². The van der Waals surface area contributed by atoms with Gasteiger partial charge < -0.3 is 10.2 Å². The van der Waals surface area contributed by atoms with E-state index >= 15 is 0 Å². The molecule has 1 fully saturated rings. The molecule has 0 amide bonds. The van der Waals surface area contributed by atoms with Crippen molar-refractivity contribution >= 4 is 0 Å². The maximum atomic E-state index is 3.51. The van der Waals surface area contributed by atoms with E-state index in [0.29, 0.717) is 0 Å². The molecule has 118 valence electrons. The van der Waals surface area contributed by atoms with Crippen molar-refractivity contribution in [1.82, 2.24) is 15.1 Å². The second-order valence-electron chi connectivity index (χ2n) is 6.20. The molecule has 0 unspecified atom stereocenters. The molecule has 21 heavy (non-hydrogen) atoms. The number of benzene rings is 1. The molecule has 2 rings (SSSR count). The summed E-state index contributed by atoms with van der Waals surface area (Å²) in [4.78, 5) is 5.06. The monoisotopic (exact) mass is 289 g/mol. The van der Waals surface area contributed by atoms with Crippen molar-refractivity contribution < 1.29 is 0 Å². The van der Waals surface area contributed by atoms with Gasteiger partial charge in [-0.25, -0.2) is 0 Å². The molecule has 1 aromatic carbocycles. The van der Waals surface area contributed by atoms with Gasteiger partial charge in [-0.2, -0.15) is 0 Å². The minimum Gasteiger partial charge on any atom is -0.316 e. The van der Waals surface area contributed by atoms with Gasteiger partial charge >= 0.3 is 0 Å². The van der Waals surface area contributed by atoms with Gasteiger partial charge in [-0.1, -0.05) is 31.2 Å². The Morgan fingerprint density at radius 3 is 2.62 bits per heavy atom. The van der Waals surface area contributed by atoms with Crippen LogP contribution in [0.15, 0.2) is 24.3 Å². The Hall–Kier alpha value is -0.900. The first-order chi connectivity index (χ1) is 10.3. The lowest BCUT2D eigenvalue weighted by Gasteiger charge is -2.22. The standard InChI is InChI=1S/C18H31N3/c1-3-10-19-11-9-17-7-4-5-8-18(17)16-21-13-6-12-20(2)14-15-21/h4-5,7-8,19H,3,6,9-16H2,1-2H3. The Morgan fingerprint density at radius 1 is 1.00 bits per heavy atom. The van der Waals surface area contributed by atoms with Crippen LogP contribution in [0.3, 0.4) is 0 Å². The lowest BCUT2D eigenvalue weighted by Crippen LogP contribution is -2.29. The molecule has 3 nitrogen and oxygen atoms in total. The van der Waals surface area contributed by atoms with E-state index in [-0.39, 0.29) is 0 Å². The molecule has 0 radical (unpaired) electrons. The molecule has 1 heterocycles. The molecule has 0 saturated carbocycles. The average molecular weight is 289 g/mol. The zero-order valence-electron chi connectivity index (χ0n) is 13.8. The Bertz CT molecular complexity index is 405. The zero-order valence-corrected chi connectivity index (χ0v) is 13.8. The van der Waals surface area contributed by atoms with Crippen LogP contribution in [-0.2, 0) is 13.0 Å². The van der Waals surface area contributed by atoms with E-state index in [2.05, 4.69) is 53.4 Å². The van der Waals surface area contributed by atoms with E-state index in [1.165, 1.54) is 50.1 Å².